The zero-order chi connectivity index (χ0) is 56.4. The van der Waals surface area contributed by atoms with Crippen LogP contribution in [0.2, 0.25) is 0 Å². The summed E-state index contributed by atoms with van der Waals surface area (Å²) in [6.45, 7) is 6.44. The third kappa shape index (κ3) is 63.2. The van der Waals surface area contributed by atoms with Crippen LogP contribution in [0, 0.1) is 0 Å². The summed E-state index contributed by atoms with van der Waals surface area (Å²) in [5, 5.41) is 0. The predicted molar refractivity (Wildman–Crippen MR) is 339 cm³/mol. The van der Waals surface area contributed by atoms with Crippen LogP contribution in [0.1, 0.15) is 323 Å². The summed E-state index contributed by atoms with van der Waals surface area (Å²) in [4.78, 5) is 38.2. The topological polar surface area (TPSA) is 78.9 Å². The Morgan fingerprint density at radius 1 is 0.282 bits per heavy atom. The van der Waals surface area contributed by atoms with Gasteiger partial charge < -0.3 is 14.2 Å². The van der Waals surface area contributed by atoms with E-state index in [2.05, 4.69) is 106 Å². The lowest BCUT2D eigenvalue weighted by molar-refractivity contribution is -0.166. The minimum atomic E-state index is -0.826. The van der Waals surface area contributed by atoms with E-state index >= 15 is 0 Å². The highest BCUT2D eigenvalue weighted by Gasteiger charge is 2.19. The first kappa shape index (κ1) is 74.3. The van der Waals surface area contributed by atoms with Crippen molar-refractivity contribution in [1.82, 2.24) is 0 Å². The van der Waals surface area contributed by atoms with Gasteiger partial charge in [0, 0.05) is 12.8 Å². The highest BCUT2D eigenvalue weighted by atomic mass is 16.6. The molecule has 0 bridgehead atoms. The Kier molecular flexibility index (Phi) is 62.7. The summed E-state index contributed by atoms with van der Waals surface area (Å²) in [6.07, 6.45) is 88.9. The molecular weight excluding hydrogens is 961 g/mol. The van der Waals surface area contributed by atoms with E-state index in [4.69, 9.17) is 14.2 Å². The number of hydrogen-bond acceptors (Lipinski definition) is 6. The first-order chi connectivity index (χ1) is 38.5. The van der Waals surface area contributed by atoms with Gasteiger partial charge in [-0.3, -0.25) is 14.4 Å². The van der Waals surface area contributed by atoms with Gasteiger partial charge in [0.05, 0.1) is 6.42 Å². The molecule has 1 atom stereocenters. The zero-order valence-corrected chi connectivity index (χ0v) is 51.4. The first-order valence-corrected chi connectivity index (χ1v) is 33.2. The van der Waals surface area contributed by atoms with Crippen molar-refractivity contribution in [2.45, 2.75) is 329 Å². The Morgan fingerprint density at radius 2 is 0.551 bits per heavy atom. The van der Waals surface area contributed by atoms with Crippen molar-refractivity contribution in [3.63, 3.8) is 0 Å². The van der Waals surface area contributed by atoms with E-state index in [1.807, 2.05) is 6.08 Å². The minimum Gasteiger partial charge on any atom is -0.462 e. The molecule has 78 heavy (non-hydrogen) atoms. The fourth-order valence-corrected chi connectivity index (χ4v) is 9.37. The summed E-state index contributed by atoms with van der Waals surface area (Å²) in [5.74, 6) is -1.05. The van der Waals surface area contributed by atoms with Crippen LogP contribution in [0.25, 0.3) is 0 Å². The largest absolute Gasteiger partial charge is 0.462 e. The van der Waals surface area contributed by atoms with Crippen molar-refractivity contribution in [3.8, 4) is 0 Å². The van der Waals surface area contributed by atoms with Gasteiger partial charge in [-0.2, -0.15) is 0 Å². The standard InChI is InChI=1S/C72H124O6/c1-4-7-10-13-16-19-22-25-28-30-31-32-33-34-35-36-37-38-39-40-41-42-45-47-50-53-56-59-62-65-71(74)77-68-69(67-76-70(73)64-61-58-55-52-49-46-43-27-24-21-18-15-12-9-6-3)78-72(75)66-63-60-57-54-51-48-44-29-26-23-20-17-14-11-8-5-2/h9,12,18,20-21,23,27,29-31,43-44,49,52,58,61,69H,4-8,10-11,13-17,19,22,24-26,28,32-42,45-48,50-51,53-57,59-60,62-68H2,1-3H3/b12-9-,21-18-,23-20-,31-30-,43-27-,44-29-,52-49-,61-58-. The molecule has 0 radical (unpaired) electrons. The van der Waals surface area contributed by atoms with Crippen LogP contribution in [0.4, 0.5) is 0 Å². The predicted octanol–water partition coefficient (Wildman–Crippen LogP) is 22.8. The van der Waals surface area contributed by atoms with Gasteiger partial charge in [-0.15, -0.1) is 0 Å². The van der Waals surface area contributed by atoms with E-state index in [-0.39, 0.29) is 31.6 Å². The molecule has 0 aliphatic heterocycles. The Labute approximate surface area is 483 Å². The third-order valence-corrected chi connectivity index (χ3v) is 14.3. The lowest BCUT2D eigenvalue weighted by Crippen LogP contribution is -2.30. The Bertz CT molecular complexity index is 1530. The van der Waals surface area contributed by atoms with Gasteiger partial charge in [0.2, 0.25) is 0 Å². The van der Waals surface area contributed by atoms with Crippen molar-refractivity contribution >= 4 is 17.9 Å². The highest BCUT2D eigenvalue weighted by Crippen LogP contribution is 2.17. The number of ether oxygens (including phenoxy) is 3. The molecule has 0 saturated heterocycles. The van der Waals surface area contributed by atoms with Crippen molar-refractivity contribution in [2.75, 3.05) is 13.2 Å². The van der Waals surface area contributed by atoms with Gasteiger partial charge in [0.25, 0.3) is 0 Å². The number of esters is 3. The van der Waals surface area contributed by atoms with E-state index in [9.17, 15) is 14.4 Å². The number of carbonyl (C=O) groups excluding carboxylic acids is 3. The molecule has 0 fully saturated rings. The Morgan fingerprint density at radius 3 is 0.923 bits per heavy atom. The molecule has 0 aliphatic rings. The minimum absolute atomic E-state index is 0.112. The van der Waals surface area contributed by atoms with E-state index < -0.39 is 12.1 Å². The SMILES string of the molecule is CC/C=C\C/C=C\C/C=C\C/C=C\C/C=C\CC(=O)OCC(COC(=O)CCCCCCCCCCCCCCCCCCC/C=C\CCCCCCCCCC)OC(=O)CCCCCCC/C=C\C/C=C\CCCCCC. The molecular formula is C72H124O6. The third-order valence-electron chi connectivity index (χ3n) is 14.3. The molecule has 0 aromatic heterocycles. The van der Waals surface area contributed by atoms with Gasteiger partial charge in [-0.1, -0.05) is 298 Å². The molecule has 0 N–H and O–H groups in total. The number of hydrogen-bond donors (Lipinski definition) is 0. The molecule has 0 aromatic rings. The summed E-state index contributed by atoms with van der Waals surface area (Å²) >= 11 is 0. The Balaban J connectivity index is 4.30. The van der Waals surface area contributed by atoms with Gasteiger partial charge >= 0.3 is 17.9 Å². The van der Waals surface area contributed by atoms with Crippen LogP contribution in [-0.2, 0) is 28.6 Å². The second-order valence-electron chi connectivity index (χ2n) is 22.0. The molecule has 0 amide bonds. The number of unbranched alkanes of at least 4 members (excludes halogenated alkanes) is 34. The maximum Gasteiger partial charge on any atom is 0.309 e. The zero-order valence-electron chi connectivity index (χ0n) is 51.4. The van der Waals surface area contributed by atoms with E-state index in [0.717, 1.165) is 96.3 Å². The molecule has 448 valence electrons. The average Bonchev–Trinajstić information content (AvgIpc) is 3.44. The number of carbonyl (C=O) groups is 3. The maximum absolute atomic E-state index is 12.9. The Hall–Kier alpha value is -3.67. The fourth-order valence-electron chi connectivity index (χ4n) is 9.37. The second-order valence-corrected chi connectivity index (χ2v) is 22.0. The summed E-state index contributed by atoms with van der Waals surface area (Å²) < 4.78 is 16.8. The van der Waals surface area contributed by atoms with Crippen molar-refractivity contribution in [1.29, 1.82) is 0 Å². The quantitative estimate of drug-likeness (QED) is 0.0261. The van der Waals surface area contributed by atoms with E-state index in [0.29, 0.717) is 12.8 Å². The molecule has 6 nitrogen and oxygen atoms in total. The lowest BCUT2D eigenvalue weighted by Gasteiger charge is -2.18. The molecule has 0 heterocycles. The molecule has 0 aromatic carbocycles. The van der Waals surface area contributed by atoms with Crippen molar-refractivity contribution in [3.05, 3.63) is 97.2 Å². The van der Waals surface area contributed by atoms with E-state index in [1.165, 1.54) is 186 Å². The van der Waals surface area contributed by atoms with Crippen molar-refractivity contribution < 1.29 is 28.6 Å². The van der Waals surface area contributed by atoms with Crippen LogP contribution >= 0.6 is 0 Å². The molecule has 0 aliphatic carbocycles. The van der Waals surface area contributed by atoms with Crippen LogP contribution in [-0.4, -0.2) is 37.2 Å². The van der Waals surface area contributed by atoms with Crippen LogP contribution in [0.3, 0.4) is 0 Å². The van der Waals surface area contributed by atoms with Crippen LogP contribution < -0.4 is 0 Å². The number of rotatable bonds is 60. The summed E-state index contributed by atoms with van der Waals surface area (Å²) in [5.41, 5.74) is 0. The van der Waals surface area contributed by atoms with Gasteiger partial charge in [0.1, 0.15) is 13.2 Å². The van der Waals surface area contributed by atoms with Crippen LogP contribution in [0.5, 0.6) is 0 Å². The first-order valence-electron chi connectivity index (χ1n) is 33.2. The second kappa shape index (κ2) is 65.8. The lowest BCUT2D eigenvalue weighted by atomic mass is 10.0. The summed E-state index contributed by atoms with van der Waals surface area (Å²) in [6, 6.07) is 0. The number of allylic oxidation sites excluding steroid dienone is 15. The normalized spacial score (nSPS) is 12.7. The molecule has 6 heteroatoms. The van der Waals surface area contributed by atoms with Crippen molar-refractivity contribution in [2.24, 2.45) is 0 Å². The smallest absolute Gasteiger partial charge is 0.309 e. The molecule has 1 unspecified atom stereocenters. The maximum atomic E-state index is 12.9. The van der Waals surface area contributed by atoms with Gasteiger partial charge in [-0.05, 0) is 103 Å². The molecule has 0 saturated carbocycles. The average molecular weight is 1090 g/mol. The van der Waals surface area contributed by atoms with Gasteiger partial charge in [-0.25, -0.2) is 0 Å². The molecule has 0 spiro atoms. The van der Waals surface area contributed by atoms with Gasteiger partial charge in [0.15, 0.2) is 6.10 Å². The monoisotopic (exact) mass is 1080 g/mol. The van der Waals surface area contributed by atoms with E-state index in [1.54, 1.807) is 6.08 Å². The fraction of sp³-hybridized carbons (Fsp3) is 0.736. The summed E-state index contributed by atoms with van der Waals surface area (Å²) in [7, 11) is 0. The van der Waals surface area contributed by atoms with Crippen LogP contribution in [0.15, 0.2) is 97.2 Å². The highest BCUT2D eigenvalue weighted by molar-refractivity contribution is 5.72. The molecule has 0 rings (SSSR count).